The van der Waals surface area contributed by atoms with Gasteiger partial charge in [-0.05, 0) is 24.1 Å². The number of nitrogens with zero attached hydrogens (tertiary/aromatic N) is 1. The molecule has 1 atom stereocenters. The summed E-state index contributed by atoms with van der Waals surface area (Å²) in [6.07, 6.45) is 0.663. The number of carbonyl (C=O) groups excluding carboxylic acids is 1. The average molecular weight is 278 g/mol. The van der Waals surface area contributed by atoms with Gasteiger partial charge in [-0.15, -0.1) is 0 Å². The standard InChI is InChI=1S/C15H22N2O3/c1-19-14-4-2-12(3-5-14)10-13(11-16)15(18)17-6-8-20-9-7-17/h2-5,13H,6-11,16H2,1H3. The van der Waals surface area contributed by atoms with Gasteiger partial charge in [0, 0.05) is 19.6 Å². The Hall–Kier alpha value is -1.59. The predicted octanol–water partition coefficient (Wildman–Crippen LogP) is 0.671. The van der Waals surface area contributed by atoms with E-state index >= 15 is 0 Å². The van der Waals surface area contributed by atoms with Gasteiger partial charge < -0.3 is 20.1 Å². The first-order chi connectivity index (χ1) is 9.74. The first kappa shape index (κ1) is 14.8. The zero-order chi connectivity index (χ0) is 14.4. The van der Waals surface area contributed by atoms with E-state index in [1.165, 1.54) is 0 Å². The molecule has 0 bridgehead atoms. The lowest BCUT2D eigenvalue weighted by molar-refractivity contribution is -0.139. The number of nitrogens with two attached hydrogens (primary N) is 1. The summed E-state index contributed by atoms with van der Waals surface area (Å²) in [7, 11) is 1.64. The Labute approximate surface area is 119 Å². The number of hydrogen-bond donors (Lipinski definition) is 1. The normalized spacial score (nSPS) is 16.8. The molecule has 0 aromatic heterocycles. The molecule has 5 nitrogen and oxygen atoms in total. The van der Waals surface area contributed by atoms with E-state index in [2.05, 4.69) is 0 Å². The predicted molar refractivity (Wildman–Crippen MR) is 76.6 cm³/mol. The van der Waals surface area contributed by atoms with E-state index in [1.54, 1.807) is 7.11 Å². The van der Waals surface area contributed by atoms with Crippen LogP contribution in [0.4, 0.5) is 0 Å². The van der Waals surface area contributed by atoms with E-state index in [1.807, 2.05) is 29.2 Å². The molecule has 1 heterocycles. The number of amides is 1. The van der Waals surface area contributed by atoms with Crippen molar-refractivity contribution in [2.45, 2.75) is 6.42 Å². The molecule has 0 radical (unpaired) electrons. The van der Waals surface area contributed by atoms with Gasteiger partial charge in [-0.2, -0.15) is 0 Å². The lowest BCUT2D eigenvalue weighted by Crippen LogP contribution is -2.45. The zero-order valence-corrected chi connectivity index (χ0v) is 11.9. The fraction of sp³-hybridized carbons (Fsp3) is 0.533. The molecular weight excluding hydrogens is 256 g/mol. The Kier molecular flexibility index (Phi) is 5.38. The van der Waals surface area contributed by atoms with Crippen molar-refractivity contribution >= 4 is 5.91 Å². The summed E-state index contributed by atoms with van der Waals surface area (Å²) in [6, 6.07) is 7.77. The van der Waals surface area contributed by atoms with Gasteiger partial charge in [0.15, 0.2) is 0 Å². The molecule has 0 aliphatic carbocycles. The number of methoxy groups -OCH3 is 1. The van der Waals surface area contributed by atoms with Crippen molar-refractivity contribution in [2.24, 2.45) is 11.7 Å². The van der Waals surface area contributed by atoms with Crippen LogP contribution < -0.4 is 10.5 Å². The summed E-state index contributed by atoms with van der Waals surface area (Å²) in [5, 5.41) is 0. The van der Waals surface area contributed by atoms with Crippen LogP contribution in [0.3, 0.4) is 0 Å². The fourth-order valence-electron chi connectivity index (χ4n) is 2.36. The SMILES string of the molecule is COc1ccc(CC(CN)C(=O)N2CCOCC2)cc1. The number of hydrogen-bond acceptors (Lipinski definition) is 4. The minimum Gasteiger partial charge on any atom is -0.497 e. The summed E-state index contributed by atoms with van der Waals surface area (Å²) in [4.78, 5) is 14.3. The Balaban J connectivity index is 1.97. The van der Waals surface area contributed by atoms with Crippen molar-refractivity contribution < 1.29 is 14.3 Å². The Morgan fingerprint density at radius 2 is 2.00 bits per heavy atom. The fourth-order valence-corrected chi connectivity index (χ4v) is 2.36. The molecular formula is C15H22N2O3. The van der Waals surface area contributed by atoms with E-state index < -0.39 is 0 Å². The highest BCUT2D eigenvalue weighted by molar-refractivity contribution is 5.79. The van der Waals surface area contributed by atoms with Gasteiger partial charge in [0.1, 0.15) is 5.75 Å². The first-order valence-corrected chi connectivity index (χ1v) is 6.94. The van der Waals surface area contributed by atoms with Crippen LogP contribution >= 0.6 is 0 Å². The molecule has 1 aromatic carbocycles. The minimum atomic E-state index is -0.165. The quantitative estimate of drug-likeness (QED) is 0.860. The molecule has 1 aromatic rings. The third-order valence-electron chi connectivity index (χ3n) is 3.60. The van der Waals surface area contributed by atoms with Gasteiger partial charge in [0.05, 0.1) is 26.2 Å². The van der Waals surface area contributed by atoms with Crippen LogP contribution in [0.15, 0.2) is 24.3 Å². The molecule has 20 heavy (non-hydrogen) atoms. The van der Waals surface area contributed by atoms with Gasteiger partial charge in [0.25, 0.3) is 0 Å². The van der Waals surface area contributed by atoms with Crippen LogP contribution in [0.25, 0.3) is 0 Å². The van der Waals surface area contributed by atoms with Crippen LogP contribution in [-0.2, 0) is 16.0 Å². The van der Waals surface area contributed by atoms with E-state index in [9.17, 15) is 4.79 Å². The first-order valence-electron chi connectivity index (χ1n) is 6.94. The minimum absolute atomic E-state index is 0.131. The molecule has 1 saturated heterocycles. The monoisotopic (exact) mass is 278 g/mol. The van der Waals surface area contributed by atoms with Gasteiger partial charge in [-0.1, -0.05) is 12.1 Å². The maximum Gasteiger partial charge on any atom is 0.227 e. The molecule has 0 spiro atoms. The number of carbonyl (C=O) groups is 1. The maximum absolute atomic E-state index is 12.4. The van der Waals surface area contributed by atoms with Crippen molar-refractivity contribution in [2.75, 3.05) is 40.0 Å². The third-order valence-corrected chi connectivity index (χ3v) is 3.60. The maximum atomic E-state index is 12.4. The highest BCUT2D eigenvalue weighted by atomic mass is 16.5. The molecule has 1 unspecified atom stereocenters. The average Bonchev–Trinajstić information content (AvgIpc) is 2.53. The Bertz CT molecular complexity index is 427. The largest absolute Gasteiger partial charge is 0.497 e. The molecule has 1 aliphatic rings. The number of ether oxygens (including phenoxy) is 2. The summed E-state index contributed by atoms with van der Waals surface area (Å²) in [5.41, 5.74) is 6.88. The van der Waals surface area contributed by atoms with Crippen LogP contribution in [0, 0.1) is 5.92 Å². The van der Waals surface area contributed by atoms with Gasteiger partial charge in [-0.3, -0.25) is 4.79 Å². The molecule has 2 N–H and O–H groups in total. The summed E-state index contributed by atoms with van der Waals surface area (Å²) < 4.78 is 10.4. The molecule has 1 aliphatic heterocycles. The number of benzene rings is 1. The zero-order valence-electron chi connectivity index (χ0n) is 11.9. The Morgan fingerprint density at radius 3 is 2.55 bits per heavy atom. The van der Waals surface area contributed by atoms with Crippen LogP contribution in [0.5, 0.6) is 5.75 Å². The highest BCUT2D eigenvalue weighted by Gasteiger charge is 2.24. The van der Waals surface area contributed by atoms with E-state index in [0.717, 1.165) is 11.3 Å². The Morgan fingerprint density at radius 1 is 1.35 bits per heavy atom. The van der Waals surface area contributed by atoms with E-state index in [4.69, 9.17) is 15.2 Å². The van der Waals surface area contributed by atoms with Gasteiger partial charge >= 0.3 is 0 Å². The topological polar surface area (TPSA) is 64.8 Å². The van der Waals surface area contributed by atoms with E-state index in [-0.39, 0.29) is 11.8 Å². The number of morpholine rings is 1. The van der Waals surface area contributed by atoms with Crippen LogP contribution in [0.2, 0.25) is 0 Å². The van der Waals surface area contributed by atoms with Crippen LogP contribution in [-0.4, -0.2) is 50.8 Å². The second kappa shape index (κ2) is 7.26. The molecule has 1 fully saturated rings. The van der Waals surface area contributed by atoms with Crippen molar-refractivity contribution in [1.29, 1.82) is 0 Å². The van der Waals surface area contributed by atoms with Crippen molar-refractivity contribution in [1.82, 2.24) is 4.90 Å². The molecule has 5 heteroatoms. The van der Waals surface area contributed by atoms with Crippen molar-refractivity contribution in [3.63, 3.8) is 0 Å². The second-order valence-corrected chi connectivity index (χ2v) is 4.92. The highest BCUT2D eigenvalue weighted by Crippen LogP contribution is 2.16. The van der Waals surface area contributed by atoms with Crippen LogP contribution in [0.1, 0.15) is 5.56 Å². The lowest BCUT2D eigenvalue weighted by atomic mass is 9.97. The van der Waals surface area contributed by atoms with Crippen molar-refractivity contribution in [3.05, 3.63) is 29.8 Å². The second-order valence-electron chi connectivity index (χ2n) is 4.92. The molecule has 1 amide bonds. The number of rotatable bonds is 5. The summed E-state index contributed by atoms with van der Waals surface area (Å²) in [6.45, 7) is 2.93. The van der Waals surface area contributed by atoms with Crippen molar-refractivity contribution in [3.8, 4) is 5.75 Å². The lowest BCUT2D eigenvalue weighted by Gasteiger charge is -2.30. The summed E-state index contributed by atoms with van der Waals surface area (Å²) >= 11 is 0. The molecule has 110 valence electrons. The molecule has 0 saturated carbocycles. The smallest absolute Gasteiger partial charge is 0.227 e. The molecule has 2 rings (SSSR count). The van der Waals surface area contributed by atoms with Gasteiger partial charge in [-0.25, -0.2) is 0 Å². The third kappa shape index (κ3) is 3.71. The van der Waals surface area contributed by atoms with E-state index in [0.29, 0.717) is 39.3 Å². The van der Waals surface area contributed by atoms with Gasteiger partial charge in [0.2, 0.25) is 5.91 Å². The summed E-state index contributed by atoms with van der Waals surface area (Å²) in [5.74, 6) is 0.783.